The molecule has 1 aliphatic heterocycles. The second-order valence-corrected chi connectivity index (χ2v) is 5.80. The van der Waals surface area contributed by atoms with Crippen LogP contribution in [0.4, 0.5) is 5.69 Å². The average molecular weight is 303 g/mol. The highest BCUT2D eigenvalue weighted by Gasteiger charge is 2.18. The molecule has 5 nitrogen and oxygen atoms in total. The lowest BCUT2D eigenvalue weighted by Crippen LogP contribution is -2.49. The van der Waals surface area contributed by atoms with E-state index in [-0.39, 0.29) is 0 Å². The Kier molecular flexibility index (Phi) is 6.07. The normalized spacial score (nSPS) is 16.7. The van der Waals surface area contributed by atoms with Crippen LogP contribution in [-0.4, -0.2) is 64.2 Å². The highest BCUT2D eigenvalue weighted by Crippen LogP contribution is 2.23. The number of benzene rings is 1. The van der Waals surface area contributed by atoms with Crippen molar-refractivity contribution in [1.82, 2.24) is 15.5 Å². The van der Waals surface area contributed by atoms with Crippen molar-refractivity contribution in [3.8, 4) is 0 Å². The fourth-order valence-corrected chi connectivity index (χ4v) is 2.90. The van der Waals surface area contributed by atoms with E-state index in [1.54, 1.807) is 7.05 Å². The van der Waals surface area contributed by atoms with E-state index in [2.05, 4.69) is 57.5 Å². The molecule has 0 spiro atoms. The molecule has 5 heteroatoms. The smallest absolute Gasteiger partial charge is 0.190 e. The molecule has 1 aromatic carbocycles. The standard InChI is InChI=1S/C17H29N5/c1-14-6-5-7-16(15(14)2)22-12-10-21(11-13-22)9-8-20-17(18-3)19-4/h5-7H,8-13H2,1-4H3,(H2,18,19,20). The molecule has 0 atom stereocenters. The third-order valence-electron chi connectivity index (χ3n) is 4.47. The Balaban J connectivity index is 1.79. The van der Waals surface area contributed by atoms with E-state index < -0.39 is 0 Å². The molecule has 0 radical (unpaired) electrons. The Hall–Kier alpha value is -1.75. The maximum absolute atomic E-state index is 4.13. The Morgan fingerprint density at radius 1 is 1.18 bits per heavy atom. The van der Waals surface area contributed by atoms with E-state index in [0.717, 1.165) is 45.2 Å². The van der Waals surface area contributed by atoms with Crippen molar-refractivity contribution in [3.63, 3.8) is 0 Å². The molecule has 0 aromatic heterocycles. The molecule has 122 valence electrons. The molecule has 0 amide bonds. The Labute approximate surface area is 134 Å². The number of aryl methyl sites for hydroxylation is 1. The summed E-state index contributed by atoms with van der Waals surface area (Å²) in [5, 5.41) is 6.35. The first kappa shape index (κ1) is 16.6. The summed E-state index contributed by atoms with van der Waals surface area (Å²) in [7, 11) is 3.68. The summed E-state index contributed by atoms with van der Waals surface area (Å²) < 4.78 is 0. The van der Waals surface area contributed by atoms with Gasteiger partial charge in [-0.15, -0.1) is 0 Å². The van der Waals surface area contributed by atoms with Crippen LogP contribution in [0.1, 0.15) is 11.1 Å². The van der Waals surface area contributed by atoms with Crippen molar-refractivity contribution >= 4 is 11.6 Å². The number of aliphatic imine (C=N–C) groups is 1. The van der Waals surface area contributed by atoms with Crippen molar-refractivity contribution < 1.29 is 0 Å². The van der Waals surface area contributed by atoms with Crippen LogP contribution in [0.3, 0.4) is 0 Å². The number of hydrogen-bond donors (Lipinski definition) is 2. The van der Waals surface area contributed by atoms with Crippen molar-refractivity contribution in [3.05, 3.63) is 29.3 Å². The van der Waals surface area contributed by atoms with E-state index in [1.165, 1.54) is 16.8 Å². The minimum absolute atomic E-state index is 0.856. The van der Waals surface area contributed by atoms with Crippen molar-refractivity contribution in [2.75, 3.05) is 58.3 Å². The highest BCUT2D eigenvalue weighted by molar-refractivity contribution is 5.79. The van der Waals surface area contributed by atoms with Crippen molar-refractivity contribution in [2.45, 2.75) is 13.8 Å². The SMILES string of the molecule is CN=C(NC)NCCN1CCN(c2cccc(C)c2C)CC1. The Morgan fingerprint density at radius 2 is 1.91 bits per heavy atom. The van der Waals surface area contributed by atoms with Gasteiger partial charge >= 0.3 is 0 Å². The zero-order valence-electron chi connectivity index (χ0n) is 14.3. The quantitative estimate of drug-likeness (QED) is 0.648. The number of anilines is 1. The maximum Gasteiger partial charge on any atom is 0.190 e. The van der Waals surface area contributed by atoms with E-state index in [0.29, 0.717) is 0 Å². The first-order valence-electron chi connectivity index (χ1n) is 8.07. The Morgan fingerprint density at radius 3 is 2.55 bits per heavy atom. The summed E-state index contributed by atoms with van der Waals surface area (Å²) in [4.78, 5) is 9.15. The van der Waals surface area contributed by atoms with E-state index in [9.17, 15) is 0 Å². The van der Waals surface area contributed by atoms with Gasteiger partial charge in [0.25, 0.3) is 0 Å². The molecule has 1 aliphatic rings. The molecular weight excluding hydrogens is 274 g/mol. The lowest BCUT2D eigenvalue weighted by molar-refractivity contribution is 0.261. The molecule has 0 bridgehead atoms. The lowest BCUT2D eigenvalue weighted by atomic mass is 10.1. The molecule has 1 saturated heterocycles. The summed E-state index contributed by atoms with van der Waals surface area (Å²) in [5.74, 6) is 0.856. The second-order valence-electron chi connectivity index (χ2n) is 5.80. The van der Waals surface area contributed by atoms with Gasteiger partial charge in [-0.3, -0.25) is 9.89 Å². The van der Waals surface area contributed by atoms with Gasteiger partial charge < -0.3 is 15.5 Å². The summed E-state index contributed by atoms with van der Waals surface area (Å²) in [5.41, 5.74) is 4.19. The maximum atomic E-state index is 4.13. The molecular formula is C17H29N5. The van der Waals surface area contributed by atoms with Gasteiger partial charge in [-0.2, -0.15) is 0 Å². The largest absolute Gasteiger partial charge is 0.369 e. The molecule has 0 unspecified atom stereocenters. The summed E-state index contributed by atoms with van der Waals surface area (Å²) in [6, 6.07) is 6.60. The van der Waals surface area contributed by atoms with Gasteiger partial charge in [-0.1, -0.05) is 12.1 Å². The van der Waals surface area contributed by atoms with Crippen molar-refractivity contribution in [1.29, 1.82) is 0 Å². The van der Waals surface area contributed by atoms with Gasteiger partial charge in [0.2, 0.25) is 0 Å². The molecule has 2 rings (SSSR count). The van der Waals surface area contributed by atoms with Crippen LogP contribution < -0.4 is 15.5 Å². The van der Waals surface area contributed by atoms with E-state index in [4.69, 9.17) is 0 Å². The molecule has 1 heterocycles. The van der Waals surface area contributed by atoms with E-state index in [1.807, 2.05) is 7.05 Å². The minimum atomic E-state index is 0.856. The van der Waals surface area contributed by atoms with Gasteiger partial charge in [-0.25, -0.2) is 0 Å². The molecule has 0 aliphatic carbocycles. The number of nitrogens with zero attached hydrogens (tertiary/aromatic N) is 3. The van der Waals surface area contributed by atoms with Gasteiger partial charge in [-0.05, 0) is 31.0 Å². The average Bonchev–Trinajstić information content (AvgIpc) is 2.55. The van der Waals surface area contributed by atoms with Gasteiger partial charge in [0.15, 0.2) is 5.96 Å². The van der Waals surface area contributed by atoms with Crippen molar-refractivity contribution in [2.24, 2.45) is 4.99 Å². The zero-order valence-corrected chi connectivity index (χ0v) is 14.3. The fraction of sp³-hybridized carbons (Fsp3) is 0.588. The highest BCUT2D eigenvalue weighted by atomic mass is 15.3. The predicted molar refractivity (Wildman–Crippen MR) is 95.0 cm³/mol. The van der Waals surface area contributed by atoms with Gasteiger partial charge in [0.05, 0.1) is 0 Å². The number of hydrogen-bond acceptors (Lipinski definition) is 3. The Bertz CT molecular complexity index is 504. The first-order chi connectivity index (χ1) is 10.7. The minimum Gasteiger partial charge on any atom is -0.369 e. The molecule has 22 heavy (non-hydrogen) atoms. The van der Waals surface area contributed by atoms with Crippen LogP contribution in [0.15, 0.2) is 23.2 Å². The number of nitrogens with one attached hydrogen (secondary N) is 2. The zero-order chi connectivity index (χ0) is 15.9. The number of guanidine groups is 1. The summed E-state index contributed by atoms with van der Waals surface area (Å²) in [6.45, 7) is 10.8. The predicted octanol–water partition coefficient (Wildman–Crippen LogP) is 1.22. The van der Waals surface area contributed by atoms with Gasteiger partial charge in [0, 0.05) is 59.1 Å². The second kappa shape index (κ2) is 8.03. The van der Waals surface area contributed by atoms with Crippen LogP contribution in [0, 0.1) is 13.8 Å². The van der Waals surface area contributed by atoms with Crippen LogP contribution in [0.2, 0.25) is 0 Å². The monoisotopic (exact) mass is 303 g/mol. The number of piperazine rings is 1. The summed E-state index contributed by atoms with van der Waals surface area (Å²) >= 11 is 0. The topological polar surface area (TPSA) is 42.9 Å². The third kappa shape index (κ3) is 4.13. The molecule has 0 saturated carbocycles. The van der Waals surface area contributed by atoms with E-state index >= 15 is 0 Å². The number of rotatable bonds is 4. The fourth-order valence-electron chi connectivity index (χ4n) is 2.90. The lowest BCUT2D eigenvalue weighted by Gasteiger charge is -2.37. The third-order valence-corrected chi connectivity index (χ3v) is 4.47. The summed E-state index contributed by atoms with van der Waals surface area (Å²) in [6.07, 6.45) is 0. The first-order valence-corrected chi connectivity index (χ1v) is 8.07. The van der Waals surface area contributed by atoms with Crippen LogP contribution in [-0.2, 0) is 0 Å². The van der Waals surface area contributed by atoms with Crippen LogP contribution in [0.5, 0.6) is 0 Å². The molecule has 2 N–H and O–H groups in total. The molecule has 1 aromatic rings. The molecule has 1 fully saturated rings. The van der Waals surface area contributed by atoms with Crippen LogP contribution in [0.25, 0.3) is 0 Å². The van der Waals surface area contributed by atoms with Crippen LogP contribution >= 0.6 is 0 Å². The van der Waals surface area contributed by atoms with Gasteiger partial charge in [0.1, 0.15) is 0 Å².